The lowest BCUT2D eigenvalue weighted by atomic mass is 9.93. The number of guanidine groups is 1. The standard InChI is InChI=1S/C23H40N6O2/c1-4-11-23(31,12-5-2)19-27-22(24-6-3)26-14-10-21(30)29-17-15-28(16-18-29)20-9-7-8-13-25-20/h7-9,13,31H,4-6,10-12,14-19H2,1-3H3,(H2,24,26,27). The van der Waals surface area contributed by atoms with Crippen LogP contribution in [0.2, 0.25) is 0 Å². The minimum Gasteiger partial charge on any atom is -0.388 e. The highest BCUT2D eigenvalue weighted by Gasteiger charge is 2.25. The van der Waals surface area contributed by atoms with Crippen LogP contribution in [0.5, 0.6) is 0 Å². The molecule has 0 aliphatic carbocycles. The predicted molar refractivity (Wildman–Crippen MR) is 126 cm³/mol. The lowest BCUT2D eigenvalue weighted by molar-refractivity contribution is -0.131. The molecule has 0 bridgehead atoms. The zero-order valence-electron chi connectivity index (χ0n) is 19.4. The Balaban J connectivity index is 1.78. The Morgan fingerprint density at radius 1 is 1.13 bits per heavy atom. The summed E-state index contributed by atoms with van der Waals surface area (Å²) in [5.41, 5.74) is -0.755. The number of hydrogen-bond acceptors (Lipinski definition) is 5. The van der Waals surface area contributed by atoms with Crippen molar-refractivity contribution in [2.75, 3.05) is 50.7 Å². The monoisotopic (exact) mass is 432 g/mol. The number of hydrogen-bond donors (Lipinski definition) is 3. The summed E-state index contributed by atoms with van der Waals surface area (Å²) in [6.45, 7) is 10.8. The summed E-state index contributed by atoms with van der Waals surface area (Å²) in [4.78, 5) is 25.7. The van der Waals surface area contributed by atoms with Crippen LogP contribution >= 0.6 is 0 Å². The Morgan fingerprint density at radius 2 is 1.84 bits per heavy atom. The molecule has 0 spiro atoms. The number of nitrogens with one attached hydrogen (secondary N) is 2. The summed E-state index contributed by atoms with van der Waals surface area (Å²) in [6.07, 6.45) is 5.56. The molecule has 1 aromatic heterocycles. The quantitative estimate of drug-likeness (QED) is 0.366. The molecule has 0 atom stereocenters. The number of aliphatic imine (C=N–C) groups is 1. The molecule has 0 aromatic carbocycles. The molecule has 1 fully saturated rings. The fourth-order valence-corrected chi connectivity index (χ4v) is 3.95. The van der Waals surface area contributed by atoms with E-state index in [0.29, 0.717) is 38.6 Å². The van der Waals surface area contributed by atoms with Gasteiger partial charge in [0.25, 0.3) is 0 Å². The summed E-state index contributed by atoms with van der Waals surface area (Å²) in [5.74, 6) is 1.77. The molecule has 0 saturated carbocycles. The van der Waals surface area contributed by atoms with Gasteiger partial charge in [-0.15, -0.1) is 0 Å². The van der Waals surface area contributed by atoms with Crippen molar-refractivity contribution < 1.29 is 9.90 Å². The smallest absolute Gasteiger partial charge is 0.224 e. The molecule has 2 rings (SSSR count). The first-order valence-electron chi connectivity index (χ1n) is 11.7. The maximum absolute atomic E-state index is 12.6. The van der Waals surface area contributed by atoms with Gasteiger partial charge >= 0.3 is 0 Å². The Morgan fingerprint density at radius 3 is 2.42 bits per heavy atom. The van der Waals surface area contributed by atoms with E-state index in [4.69, 9.17) is 0 Å². The molecule has 8 heteroatoms. The number of aliphatic hydroxyl groups is 1. The van der Waals surface area contributed by atoms with Crippen molar-refractivity contribution in [1.29, 1.82) is 0 Å². The van der Waals surface area contributed by atoms with Crippen LogP contribution in [-0.4, -0.2) is 78.3 Å². The number of carbonyl (C=O) groups is 1. The number of amides is 1. The van der Waals surface area contributed by atoms with Crippen LogP contribution in [0.3, 0.4) is 0 Å². The second-order valence-corrected chi connectivity index (χ2v) is 8.15. The van der Waals surface area contributed by atoms with Gasteiger partial charge in [-0.25, -0.2) is 4.98 Å². The lowest BCUT2D eigenvalue weighted by Crippen LogP contribution is -2.49. The number of piperazine rings is 1. The van der Waals surface area contributed by atoms with Crippen LogP contribution in [0.25, 0.3) is 0 Å². The third-order valence-electron chi connectivity index (χ3n) is 5.54. The third kappa shape index (κ3) is 8.36. The van der Waals surface area contributed by atoms with E-state index in [1.54, 1.807) is 6.20 Å². The van der Waals surface area contributed by atoms with E-state index in [2.05, 4.69) is 39.4 Å². The van der Waals surface area contributed by atoms with Gasteiger partial charge in [-0.05, 0) is 31.9 Å². The average molecular weight is 433 g/mol. The third-order valence-corrected chi connectivity index (χ3v) is 5.54. The Bertz CT molecular complexity index is 668. The molecule has 1 aliphatic rings. The molecule has 1 amide bonds. The van der Waals surface area contributed by atoms with Gasteiger partial charge in [0.2, 0.25) is 5.91 Å². The van der Waals surface area contributed by atoms with Crippen molar-refractivity contribution in [3.8, 4) is 0 Å². The molecular formula is C23H40N6O2. The molecule has 1 aliphatic heterocycles. The molecule has 2 heterocycles. The van der Waals surface area contributed by atoms with Crippen molar-refractivity contribution in [2.24, 2.45) is 4.99 Å². The van der Waals surface area contributed by atoms with E-state index in [1.165, 1.54) is 0 Å². The second-order valence-electron chi connectivity index (χ2n) is 8.15. The van der Waals surface area contributed by atoms with Gasteiger partial charge in [-0.2, -0.15) is 0 Å². The first kappa shape index (κ1) is 24.9. The van der Waals surface area contributed by atoms with Crippen molar-refractivity contribution in [3.63, 3.8) is 0 Å². The van der Waals surface area contributed by atoms with E-state index >= 15 is 0 Å². The molecule has 0 unspecified atom stereocenters. The molecule has 3 N–H and O–H groups in total. The molecule has 0 radical (unpaired) electrons. The fourth-order valence-electron chi connectivity index (χ4n) is 3.95. The van der Waals surface area contributed by atoms with E-state index in [-0.39, 0.29) is 5.91 Å². The van der Waals surface area contributed by atoms with Gasteiger partial charge in [0.1, 0.15) is 5.82 Å². The average Bonchev–Trinajstić information content (AvgIpc) is 2.78. The van der Waals surface area contributed by atoms with Gasteiger partial charge < -0.3 is 25.5 Å². The topological polar surface area (TPSA) is 93.1 Å². The minimum absolute atomic E-state index is 0.150. The molecule has 8 nitrogen and oxygen atoms in total. The normalized spacial score (nSPS) is 15.2. The van der Waals surface area contributed by atoms with Crippen molar-refractivity contribution in [2.45, 2.75) is 58.5 Å². The van der Waals surface area contributed by atoms with E-state index in [0.717, 1.165) is 51.1 Å². The first-order chi connectivity index (χ1) is 15.0. The number of anilines is 1. The van der Waals surface area contributed by atoms with Crippen LogP contribution in [0.15, 0.2) is 29.4 Å². The fraction of sp³-hybridized carbons (Fsp3) is 0.696. The Kier molecular flexibility index (Phi) is 10.6. The summed E-state index contributed by atoms with van der Waals surface area (Å²) < 4.78 is 0. The highest BCUT2D eigenvalue weighted by Crippen LogP contribution is 2.19. The number of pyridine rings is 1. The van der Waals surface area contributed by atoms with E-state index < -0.39 is 5.60 Å². The number of aromatic nitrogens is 1. The molecular weight excluding hydrogens is 392 g/mol. The summed E-state index contributed by atoms with van der Waals surface area (Å²) in [6, 6.07) is 5.90. The van der Waals surface area contributed by atoms with Gasteiger partial charge in [-0.3, -0.25) is 9.79 Å². The van der Waals surface area contributed by atoms with Crippen LogP contribution < -0.4 is 15.5 Å². The predicted octanol–water partition coefficient (Wildman–Crippen LogP) is 2.01. The van der Waals surface area contributed by atoms with Crippen molar-refractivity contribution >= 4 is 17.7 Å². The van der Waals surface area contributed by atoms with Gasteiger partial charge in [-0.1, -0.05) is 32.8 Å². The Labute approximate surface area is 187 Å². The van der Waals surface area contributed by atoms with Crippen LogP contribution in [-0.2, 0) is 4.79 Å². The lowest BCUT2D eigenvalue weighted by Gasteiger charge is -2.35. The zero-order chi connectivity index (χ0) is 22.5. The summed E-state index contributed by atoms with van der Waals surface area (Å²) in [5, 5.41) is 17.2. The molecule has 174 valence electrons. The van der Waals surface area contributed by atoms with Crippen LogP contribution in [0.4, 0.5) is 5.82 Å². The zero-order valence-corrected chi connectivity index (χ0v) is 19.4. The number of nitrogens with zero attached hydrogens (tertiary/aromatic N) is 4. The van der Waals surface area contributed by atoms with Crippen LogP contribution in [0, 0.1) is 0 Å². The second kappa shape index (κ2) is 13.1. The maximum atomic E-state index is 12.6. The highest BCUT2D eigenvalue weighted by molar-refractivity contribution is 5.81. The molecule has 31 heavy (non-hydrogen) atoms. The van der Waals surface area contributed by atoms with E-state index in [9.17, 15) is 9.90 Å². The molecule has 1 aromatic rings. The highest BCUT2D eigenvalue weighted by atomic mass is 16.3. The van der Waals surface area contributed by atoms with E-state index in [1.807, 2.05) is 30.0 Å². The van der Waals surface area contributed by atoms with Crippen molar-refractivity contribution in [1.82, 2.24) is 20.5 Å². The maximum Gasteiger partial charge on any atom is 0.224 e. The van der Waals surface area contributed by atoms with Gasteiger partial charge in [0.05, 0.1) is 12.1 Å². The minimum atomic E-state index is -0.755. The van der Waals surface area contributed by atoms with Crippen LogP contribution in [0.1, 0.15) is 52.9 Å². The summed E-state index contributed by atoms with van der Waals surface area (Å²) >= 11 is 0. The summed E-state index contributed by atoms with van der Waals surface area (Å²) in [7, 11) is 0. The first-order valence-corrected chi connectivity index (χ1v) is 11.7. The van der Waals surface area contributed by atoms with Gasteiger partial charge in [0.15, 0.2) is 5.96 Å². The Hall–Kier alpha value is -2.35. The van der Waals surface area contributed by atoms with Crippen molar-refractivity contribution in [3.05, 3.63) is 24.4 Å². The SMILES string of the molecule is CCCC(O)(CCC)CN=C(NCC)NCCC(=O)N1CCN(c2ccccn2)CC1. The largest absolute Gasteiger partial charge is 0.388 e. The van der Waals surface area contributed by atoms with Gasteiger partial charge in [0, 0.05) is 51.9 Å². The number of rotatable bonds is 11. The molecule has 1 saturated heterocycles. The number of carbonyl (C=O) groups excluding carboxylic acids is 1.